The summed E-state index contributed by atoms with van der Waals surface area (Å²) in [5.41, 5.74) is 1.17. The molecule has 0 heterocycles. The van der Waals surface area contributed by atoms with Crippen molar-refractivity contribution in [3.63, 3.8) is 0 Å². The average Bonchev–Trinajstić information content (AvgIpc) is 2.38. The van der Waals surface area contributed by atoms with E-state index in [1.807, 2.05) is 24.3 Å². The summed E-state index contributed by atoms with van der Waals surface area (Å²) in [6, 6.07) is 7.91. The molecule has 0 radical (unpaired) electrons. The summed E-state index contributed by atoms with van der Waals surface area (Å²) in [5, 5.41) is 3.27. The molecule has 17 heavy (non-hydrogen) atoms. The first-order valence-electron chi connectivity index (χ1n) is 5.66. The van der Waals surface area contributed by atoms with Gasteiger partial charge in [0, 0.05) is 13.0 Å². The van der Waals surface area contributed by atoms with Gasteiger partial charge in [0.2, 0.25) is 0 Å². The van der Waals surface area contributed by atoms with Crippen LogP contribution in [0.4, 0.5) is 0 Å². The van der Waals surface area contributed by atoms with Crippen molar-refractivity contribution in [2.24, 2.45) is 0 Å². The number of methoxy groups -OCH3 is 2. The van der Waals surface area contributed by atoms with Crippen LogP contribution in [0.15, 0.2) is 24.3 Å². The molecule has 0 amide bonds. The van der Waals surface area contributed by atoms with Gasteiger partial charge >= 0.3 is 5.97 Å². The molecule has 94 valence electrons. The van der Waals surface area contributed by atoms with E-state index >= 15 is 0 Å². The number of ether oxygens (including phenoxy) is 2. The molecular weight excluding hydrogens is 218 g/mol. The molecule has 1 aromatic carbocycles. The molecule has 1 N–H and O–H groups in total. The van der Waals surface area contributed by atoms with Crippen molar-refractivity contribution in [2.45, 2.75) is 19.4 Å². The lowest BCUT2D eigenvalue weighted by atomic mass is 10.2. The van der Waals surface area contributed by atoms with E-state index in [9.17, 15) is 4.79 Å². The molecule has 1 aromatic rings. The quantitative estimate of drug-likeness (QED) is 0.579. The molecule has 0 aliphatic heterocycles. The highest BCUT2D eigenvalue weighted by Gasteiger charge is 1.99. The molecule has 4 nitrogen and oxygen atoms in total. The van der Waals surface area contributed by atoms with Crippen LogP contribution in [-0.2, 0) is 16.1 Å². The molecule has 0 spiro atoms. The fraction of sp³-hybridized carbons (Fsp3) is 0.462. The molecule has 0 aliphatic carbocycles. The summed E-state index contributed by atoms with van der Waals surface area (Å²) < 4.78 is 9.70. The highest BCUT2D eigenvalue weighted by atomic mass is 16.5. The van der Waals surface area contributed by atoms with Crippen molar-refractivity contribution >= 4 is 5.97 Å². The SMILES string of the molecule is COC(=O)CCCNCc1cccc(OC)c1. The zero-order valence-corrected chi connectivity index (χ0v) is 10.4. The number of hydrogen-bond acceptors (Lipinski definition) is 4. The van der Waals surface area contributed by atoms with Gasteiger partial charge in [-0.05, 0) is 30.7 Å². The third-order valence-corrected chi connectivity index (χ3v) is 2.43. The van der Waals surface area contributed by atoms with Crippen LogP contribution >= 0.6 is 0 Å². The second kappa shape index (κ2) is 7.68. The van der Waals surface area contributed by atoms with Crippen LogP contribution in [0.1, 0.15) is 18.4 Å². The molecule has 0 bridgehead atoms. The Bertz CT molecular complexity index is 352. The van der Waals surface area contributed by atoms with E-state index in [0.717, 1.165) is 25.3 Å². The van der Waals surface area contributed by atoms with E-state index in [2.05, 4.69) is 10.1 Å². The molecule has 0 saturated carbocycles. The summed E-state index contributed by atoms with van der Waals surface area (Å²) in [4.78, 5) is 10.9. The number of rotatable bonds is 7. The van der Waals surface area contributed by atoms with E-state index in [0.29, 0.717) is 6.42 Å². The predicted octanol–water partition coefficient (Wildman–Crippen LogP) is 1.74. The Morgan fingerprint density at radius 2 is 2.18 bits per heavy atom. The highest BCUT2D eigenvalue weighted by molar-refractivity contribution is 5.69. The second-order valence-electron chi connectivity index (χ2n) is 3.71. The van der Waals surface area contributed by atoms with Gasteiger partial charge in [-0.2, -0.15) is 0 Å². The van der Waals surface area contributed by atoms with Gasteiger partial charge in [0.15, 0.2) is 0 Å². The zero-order chi connectivity index (χ0) is 12.5. The van der Waals surface area contributed by atoms with Crippen LogP contribution < -0.4 is 10.1 Å². The average molecular weight is 237 g/mol. The molecular formula is C13H19NO3. The Hall–Kier alpha value is -1.55. The molecule has 0 saturated heterocycles. The Labute approximate surface area is 102 Å². The van der Waals surface area contributed by atoms with Crippen LogP contribution in [0.5, 0.6) is 5.75 Å². The van der Waals surface area contributed by atoms with Crippen molar-refractivity contribution in [3.05, 3.63) is 29.8 Å². The summed E-state index contributed by atoms with van der Waals surface area (Å²) in [6.45, 7) is 1.57. The van der Waals surface area contributed by atoms with Gasteiger partial charge in [0.05, 0.1) is 14.2 Å². The molecule has 0 unspecified atom stereocenters. The Morgan fingerprint density at radius 1 is 1.35 bits per heavy atom. The van der Waals surface area contributed by atoms with Crippen LogP contribution in [-0.4, -0.2) is 26.7 Å². The molecule has 4 heteroatoms. The maximum absolute atomic E-state index is 10.9. The minimum absolute atomic E-state index is 0.159. The number of carbonyl (C=O) groups excluding carboxylic acids is 1. The van der Waals surface area contributed by atoms with Gasteiger partial charge < -0.3 is 14.8 Å². The zero-order valence-electron chi connectivity index (χ0n) is 10.4. The van der Waals surface area contributed by atoms with Gasteiger partial charge in [0.1, 0.15) is 5.75 Å². The van der Waals surface area contributed by atoms with Gasteiger partial charge in [-0.25, -0.2) is 0 Å². The molecule has 1 rings (SSSR count). The first-order chi connectivity index (χ1) is 8.26. The lowest BCUT2D eigenvalue weighted by Crippen LogP contribution is -2.16. The summed E-state index contributed by atoms with van der Waals surface area (Å²) >= 11 is 0. The number of nitrogens with one attached hydrogen (secondary N) is 1. The molecule has 0 atom stereocenters. The normalized spacial score (nSPS) is 10.0. The topological polar surface area (TPSA) is 47.6 Å². The second-order valence-corrected chi connectivity index (χ2v) is 3.71. The minimum Gasteiger partial charge on any atom is -0.497 e. The van der Waals surface area contributed by atoms with Gasteiger partial charge in [-0.3, -0.25) is 4.79 Å². The van der Waals surface area contributed by atoms with Crippen molar-refractivity contribution in [2.75, 3.05) is 20.8 Å². The predicted molar refractivity (Wildman–Crippen MR) is 66.0 cm³/mol. The number of benzene rings is 1. The lowest BCUT2D eigenvalue weighted by Gasteiger charge is -2.06. The van der Waals surface area contributed by atoms with E-state index in [-0.39, 0.29) is 5.97 Å². The van der Waals surface area contributed by atoms with Crippen molar-refractivity contribution in [1.82, 2.24) is 5.32 Å². The Kier molecular flexibility index (Phi) is 6.10. The van der Waals surface area contributed by atoms with E-state index in [1.165, 1.54) is 12.7 Å². The van der Waals surface area contributed by atoms with Crippen molar-refractivity contribution in [3.8, 4) is 5.75 Å². The van der Waals surface area contributed by atoms with Crippen molar-refractivity contribution < 1.29 is 14.3 Å². The minimum atomic E-state index is -0.159. The fourth-order valence-electron chi connectivity index (χ4n) is 1.47. The highest BCUT2D eigenvalue weighted by Crippen LogP contribution is 2.11. The van der Waals surface area contributed by atoms with E-state index < -0.39 is 0 Å². The first-order valence-corrected chi connectivity index (χ1v) is 5.66. The summed E-state index contributed by atoms with van der Waals surface area (Å²) in [6.07, 6.45) is 1.25. The van der Waals surface area contributed by atoms with Crippen LogP contribution in [0.3, 0.4) is 0 Å². The maximum atomic E-state index is 10.9. The van der Waals surface area contributed by atoms with Crippen molar-refractivity contribution in [1.29, 1.82) is 0 Å². The Balaban J connectivity index is 2.19. The fourth-order valence-corrected chi connectivity index (χ4v) is 1.47. The van der Waals surface area contributed by atoms with Crippen LogP contribution in [0.2, 0.25) is 0 Å². The number of hydrogen-bond donors (Lipinski definition) is 1. The number of carbonyl (C=O) groups is 1. The van der Waals surface area contributed by atoms with Crippen LogP contribution in [0, 0.1) is 0 Å². The molecule has 0 aromatic heterocycles. The standard InChI is InChI=1S/C13H19NO3/c1-16-12-6-3-5-11(9-12)10-14-8-4-7-13(15)17-2/h3,5-6,9,14H,4,7-8,10H2,1-2H3. The molecule has 0 aliphatic rings. The van der Waals surface area contributed by atoms with E-state index in [1.54, 1.807) is 7.11 Å². The van der Waals surface area contributed by atoms with Gasteiger partial charge in [-0.1, -0.05) is 12.1 Å². The third kappa shape index (κ3) is 5.36. The maximum Gasteiger partial charge on any atom is 0.305 e. The monoisotopic (exact) mass is 237 g/mol. The van der Waals surface area contributed by atoms with Gasteiger partial charge in [0.25, 0.3) is 0 Å². The van der Waals surface area contributed by atoms with Gasteiger partial charge in [-0.15, -0.1) is 0 Å². The molecule has 0 fully saturated rings. The Morgan fingerprint density at radius 3 is 2.88 bits per heavy atom. The van der Waals surface area contributed by atoms with E-state index in [4.69, 9.17) is 4.74 Å². The smallest absolute Gasteiger partial charge is 0.305 e. The summed E-state index contributed by atoms with van der Waals surface area (Å²) in [7, 11) is 3.06. The summed E-state index contributed by atoms with van der Waals surface area (Å²) in [5.74, 6) is 0.701. The lowest BCUT2D eigenvalue weighted by molar-refractivity contribution is -0.140. The number of esters is 1. The first kappa shape index (κ1) is 13.5. The van der Waals surface area contributed by atoms with Crippen LogP contribution in [0.25, 0.3) is 0 Å². The largest absolute Gasteiger partial charge is 0.497 e. The third-order valence-electron chi connectivity index (χ3n) is 2.43.